The molecular weight excluding hydrogens is 199 g/mol. The molecule has 0 saturated heterocycles. The monoisotopic (exact) mass is 212 g/mol. The van der Waals surface area contributed by atoms with Crippen molar-refractivity contribution in [3.63, 3.8) is 0 Å². The highest BCUT2D eigenvalue weighted by Gasteiger charge is 2.17. The molecule has 0 bridgehead atoms. The molecule has 0 heterocycles. The van der Waals surface area contributed by atoms with E-state index in [1.807, 2.05) is 0 Å². The van der Waals surface area contributed by atoms with E-state index in [9.17, 15) is 14.3 Å². The summed E-state index contributed by atoms with van der Waals surface area (Å²) in [7, 11) is 0. The fourth-order valence-electron chi connectivity index (χ4n) is 1.09. The third-order valence-corrected chi connectivity index (χ3v) is 1.95. The second-order valence-electron chi connectivity index (χ2n) is 3.24. The van der Waals surface area contributed by atoms with E-state index in [0.29, 0.717) is 0 Å². The Kier molecular flexibility index (Phi) is 3.62. The number of nitrogens with one attached hydrogen (secondary N) is 1. The Bertz CT molecular complexity index is 348. The highest BCUT2D eigenvalue weighted by molar-refractivity contribution is 5.97. The molecule has 4 N–H and O–H groups in total. The zero-order valence-electron chi connectivity index (χ0n) is 8.33. The number of phenolic OH excluding ortho intramolecular Hbond substituents is 1. The first-order valence-corrected chi connectivity index (χ1v) is 4.54. The number of hydrogen-bond acceptors (Lipinski definition) is 3. The molecule has 5 heteroatoms. The number of aromatic hydroxyl groups is 1. The summed E-state index contributed by atoms with van der Waals surface area (Å²) >= 11 is 0. The third kappa shape index (κ3) is 2.66. The summed E-state index contributed by atoms with van der Waals surface area (Å²) in [6.07, 6.45) is 0. The smallest absolute Gasteiger partial charge is 0.258 e. The van der Waals surface area contributed by atoms with Gasteiger partial charge in [0.05, 0.1) is 0 Å². The standard InChI is InChI=1S/C10H13FN2O2/c1-6(5-12)13-10(15)9-7(11)3-2-4-8(9)14/h2-4,6,14H,5,12H2,1H3,(H,13,15)/t6-/m1/s1. The Morgan fingerprint density at radius 2 is 2.33 bits per heavy atom. The van der Waals surface area contributed by atoms with Gasteiger partial charge in [0.25, 0.3) is 5.91 Å². The van der Waals surface area contributed by atoms with Crippen LogP contribution in [0.1, 0.15) is 17.3 Å². The number of halogens is 1. The van der Waals surface area contributed by atoms with Crippen LogP contribution >= 0.6 is 0 Å². The minimum Gasteiger partial charge on any atom is -0.507 e. The Morgan fingerprint density at radius 1 is 1.67 bits per heavy atom. The van der Waals surface area contributed by atoms with Gasteiger partial charge in [0.2, 0.25) is 0 Å². The molecule has 1 amide bonds. The van der Waals surface area contributed by atoms with Crippen molar-refractivity contribution in [1.82, 2.24) is 5.32 Å². The van der Waals surface area contributed by atoms with Gasteiger partial charge in [-0.3, -0.25) is 4.79 Å². The lowest BCUT2D eigenvalue weighted by Gasteiger charge is -2.12. The first-order chi connectivity index (χ1) is 7.06. The van der Waals surface area contributed by atoms with E-state index < -0.39 is 11.7 Å². The predicted octanol–water partition coefficient (Wildman–Crippen LogP) is 0.608. The molecule has 15 heavy (non-hydrogen) atoms. The highest BCUT2D eigenvalue weighted by Crippen LogP contribution is 2.19. The molecule has 0 fully saturated rings. The Morgan fingerprint density at radius 3 is 2.87 bits per heavy atom. The van der Waals surface area contributed by atoms with Gasteiger partial charge in [-0.25, -0.2) is 4.39 Å². The minimum atomic E-state index is -0.753. The van der Waals surface area contributed by atoms with Crippen LogP contribution in [0.4, 0.5) is 4.39 Å². The molecule has 1 aromatic carbocycles. The molecule has 0 spiro atoms. The average molecular weight is 212 g/mol. The van der Waals surface area contributed by atoms with E-state index in [1.54, 1.807) is 6.92 Å². The predicted molar refractivity (Wildman–Crippen MR) is 54.0 cm³/mol. The number of benzene rings is 1. The van der Waals surface area contributed by atoms with Crippen LogP contribution < -0.4 is 11.1 Å². The molecule has 0 saturated carbocycles. The Labute approximate surface area is 86.9 Å². The maximum Gasteiger partial charge on any atom is 0.258 e. The quantitative estimate of drug-likeness (QED) is 0.687. The number of hydrogen-bond donors (Lipinski definition) is 3. The van der Waals surface area contributed by atoms with Gasteiger partial charge in [-0.1, -0.05) is 6.07 Å². The molecular formula is C10H13FN2O2. The van der Waals surface area contributed by atoms with Crippen LogP contribution in [0.15, 0.2) is 18.2 Å². The SMILES string of the molecule is C[C@H](CN)NC(=O)c1c(O)cccc1F. The van der Waals surface area contributed by atoms with Crippen molar-refractivity contribution in [3.05, 3.63) is 29.6 Å². The normalized spacial score (nSPS) is 12.2. The topological polar surface area (TPSA) is 75.3 Å². The van der Waals surface area contributed by atoms with Crippen molar-refractivity contribution in [3.8, 4) is 5.75 Å². The molecule has 0 unspecified atom stereocenters. The average Bonchev–Trinajstić information content (AvgIpc) is 2.17. The second kappa shape index (κ2) is 4.75. The summed E-state index contributed by atoms with van der Waals surface area (Å²) in [5, 5.41) is 11.8. The molecule has 0 aliphatic heterocycles. The molecule has 82 valence electrons. The maximum absolute atomic E-state index is 13.2. The fourth-order valence-corrected chi connectivity index (χ4v) is 1.09. The summed E-state index contributed by atoms with van der Waals surface area (Å²) in [6, 6.07) is 3.43. The zero-order chi connectivity index (χ0) is 11.4. The van der Waals surface area contributed by atoms with E-state index in [-0.39, 0.29) is 23.9 Å². The van der Waals surface area contributed by atoms with Gasteiger partial charge in [0.1, 0.15) is 17.1 Å². The van der Waals surface area contributed by atoms with Gasteiger partial charge in [0.15, 0.2) is 0 Å². The molecule has 4 nitrogen and oxygen atoms in total. The Balaban J connectivity index is 2.91. The van der Waals surface area contributed by atoms with E-state index >= 15 is 0 Å². The molecule has 0 aliphatic rings. The van der Waals surface area contributed by atoms with Crippen molar-refractivity contribution in [2.75, 3.05) is 6.54 Å². The summed E-state index contributed by atoms with van der Waals surface area (Å²) in [5.74, 6) is -1.79. The van der Waals surface area contributed by atoms with E-state index in [2.05, 4.69) is 5.32 Å². The van der Waals surface area contributed by atoms with Crippen LogP contribution in [0, 0.1) is 5.82 Å². The van der Waals surface area contributed by atoms with Crippen molar-refractivity contribution < 1.29 is 14.3 Å². The van der Waals surface area contributed by atoms with Crippen molar-refractivity contribution in [2.45, 2.75) is 13.0 Å². The fraction of sp³-hybridized carbons (Fsp3) is 0.300. The van der Waals surface area contributed by atoms with E-state index in [1.165, 1.54) is 12.1 Å². The number of phenols is 1. The highest BCUT2D eigenvalue weighted by atomic mass is 19.1. The lowest BCUT2D eigenvalue weighted by molar-refractivity contribution is 0.0934. The largest absolute Gasteiger partial charge is 0.507 e. The van der Waals surface area contributed by atoms with Crippen LogP contribution in [0.2, 0.25) is 0 Å². The number of rotatable bonds is 3. The second-order valence-corrected chi connectivity index (χ2v) is 3.24. The minimum absolute atomic E-state index is 0.251. The first kappa shape index (κ1) is 11.5. The number of carbonyl (C=O) groups is 1. The van der Waals surface area contributed by atoms with Crippen molar-refractivity contribution in [1.29, 1.82) is 0 Å². The zero-order valence-corrected chi connectivity index (χ0v) is 8.33. The third-order valence-electron chi connectivity index (χ3n) is 1.95. The Hall–Kier alpha value is -1.62. The molecule has 0 radical (unpaired) electrons. The lowest BCUT2D eigenvalue weighted by atomic mass is 10.1. The van der Waals surface area contributed by atoms with E-state index in [0.717, 1.165) is 6.07 Å². The van der Waals surface area contributed by atoms with Gasteiger partial charge in [-0.2, -0.15) is 0 Å². The number of amides is 1. The van der Waals surface area contributed by atoms with Crippen molar-refractivity contribution in [2.24, 2.45) is 5.73 Å². The van der Waals surface area contributed by atoms with Gasteiger partial charge in [0, 0.05) is 12.6 Å². The van der Waals surface area contributed by atoms with Crippen LogP contribution in [0.25, 0.3) is 0 Å². The summed E-state index contributed by atoms with van der Waals surface area (Å²) in [5.41, 5.74) is 4.95. The van der Waals surface area contributed by atoms with Gasteiger partial charge in [-0.05, 0) is 19.1 Å². The summed E-state index contributed by atoms with van der Waals surface area (Å²) in [6.45, 7) is 1.94. The van der Waals surface area contributed by atoms with Crippen LogP contribution in [-0.4, -0.2) is 23.6 Å². The van der Waals surface area contributed by atoms with Crippen molar-refractivity contribution >= 4 is 5.91 Å². The number of carbonyl (C=O) groups excluding carboxylic acids is 1. The molecule has 0 aromatic heterocycles. The van der Waals surface area contributed by atoms with E-state index in [4.69, 9.17) is 5.73 Å². The molecule has 0 aliphatic carbocycles. The first-order valence-electron chi connectivity index (χ1n) is 4.54. The van der Waals surface area contributed by atoms with Crippen LogP contribution in [0.3, 0.4) is 0 Å². The molecule has 1 atom stereocenters. The van der Waals surface area contributed by atoms with Crippen LogP contribution in [0.5, 0.6) is 5.75 Å². The molecule has 1 aromatic rings. The maximum atomic E-state index is 13.2. The summed E-state index contributed by atoms with van der Waals surface area (Å²) < 4.78 is 13.2. The van der Waals surface area contributed by atoms with Gasteiger partial charge in [-0.15, -0.1) is 0 Å². The van der Waals surface area contributed by atoms with Crippen LogP contribution in [-0.2, 0) is 0 Å². The molecule has 1 rings (SSSR count). The number of nitrogens with two attached hydrogens (primary N) is 1. The summed E-state index contributed by atoms with van der Waals surface area (Å²) in [4.78, 5) is 11.5. The van der Waals surface area contributed by atoms with Gasteiger partial charge < -0.3 is 16.2 Å². The van der Waals surface area contributed by atoms with Gasteiger partial charge >= 0.3 is 0 Å². The lowest BCUT2D eigenvalue weighted by Crippen LogP contribution is -2.38.